The van der Waals surface area contributed by atoms with Crippen LogP contribution in [0.25, 0.3) is 22.2 Å². The Morgan fingerprint density at radius 1 is 1.11 bits per heavy atom. The molecule has 0 bridgehead atoms. The lowest BCUT2D eigenvalue weighted by molar-refractivity contribution is -0.124. The molecule has 0 saturated carbocycles. The minimum atomic E-state index is -0.608. The van der Waals surface area contributed by atoms with Crippen molar-refractivity contribution in [1.82, 2.24) is 10.3 Å². The van der Waals surface area contributed by atoms with E-state index in [-0.39, 0.29) is 18.3 Å². The van der Waals surface area contributed by atoms with Crippen molar-refractivity contribution in [3.8, 4) is 11.3 Å². The first-order valence-corrected chi connectivity index (χ1v) is 8.68. The molecular formula is C21H19FN2O3. The zero-order valence-electron chi connectivity index (χ0n) is 14.9. The lowest BCUT2D eigenvalue weighted by Crippen LogP contribution is -2.29. The number of nitrogens with zero attached hydrogens (tertiary/aromatic N) is 1. The predicted molar refractivity (Wildman–Crippen MR) is 101 cm³/mol. The molecule has 138 valence electrons. The van der Waals surface area contributed by atoms with Gasteiger partial charge in [0.15, 0.2) is 6.61 Å². The molecule has 0 saturated heterocycles. The summed E-state index contributed by atoms with van der Waals surface area (Å²) in [7, 11) is 0. The average Bonchev–Trinajstić information content (AvgIpc) is 2.70. The van der Waals surface area contributed by atoms with Gasteiger partial charge in [-0.15, -0.1) is 0 Å². The molecule has 6 heteroatoms. The molecule has 1 aromatic heterocycles. The Bertz CT molecular complexity index is 971. The number of hydrogen-bond donors (Lipinski definition) is 1. The van der Waals surface area contributed by atoms with Gasteiger partial charge in [-0.3, -0.25) is 4.79 Å². The number of ether oxygens (including phenoxy) is 1. The van der Waals surface area contributed by atoms with Crippen LogP contribution in [0.15, 0.2) is 54.6 Å². The van der Waals surface area contributed by atoms with Gasteiger partial charge in [-0.2, -0.15) is 0 Å². The fraction of sp³-hybridized carbons (Fsp3) is 0.190. The van der Waals surface area contributed by atoms with E-state index < -0.39 is 5.97 Å². The molecule has 0 unspecified atom stereocenters. The van der Waals surface area contributed by atoms with E-state index in [1.165, 1.54) is 12.1 Å². The van der Waals surface area contributed by atoms with Crippen LogP contribution in [0.3, 0.4) is 0 Å². The van der Waals surface area contributed by atoms with Crippen molar-refractivity contribution < 1.29 is 18.7 Å². The van der Waals surface area contributed by atoms with Gasteiger partial charge in [0.05, 0.1) is 16.8 Å². The Labute approximate surface area is 156 Å². The molecule has 2 aromatic carbocycles. The van der Waals surface area contributed by atoms with Gasteiger partial charge in [0.2, 0.25) is 0 Å². The molecule has 0 fully saturated rings. The number of esters is 1. The van der Waals surface area contributed by atoms with E-state index in [0.29, 0.717) is 34.3 Å². The highest BCUT2D eigenvalue weighted by Gasteiger charge is 2.16. The van der Waals surface area contributed by atoms with Crippen LogP contribution < -0.4 is 5.32 Å². The molecule has 1 N–H and O–H groups in total. The molecule has 1 heterocycles. The number of fused-ring (bicyclic) bond motifs is 1. The molecule has 3 aromatic rings. The summed E-state index contributed by atoms with van der Waals surface area (Å²) in [6.45, 7) is 2.12. The molecule has 0 aliphatic rings. The number of aromatic nitrogens is 1. The number of rotatable bonds is 6. The van der Waals surface area contributed by atoms with Crippen LogP contribution in [-0.4, -0.2) is 30.0 Å². The maximum Gasteiger partial charge on any atom is 0.339 e. The number of halogens is 1. The molecule has 0 atom stereocenters. The molecule has 3 rings (SSSR count). The van der Waals surface area contributed by atoms with E-state index in [4.69, 9.17) is 4.74 Å². The molecule has 27 heavy (non-hydrogen) atoms. The Balaban J connectivity index is 1.92. The Morgan fingerprint density at radius 3 is 2.59 bits per heavy atom. The summed E-state index contributed by atoms with van der Waals surface area (Å²) in [5.41, 5.74) is 2.12. The van der Waals surface area contributed by atoms with E-state index in [2.05, 4.69) is 10.3 Å². The lowest BCUT2D eigenvalue weighted by atomic mass is 10.0. The van der Waals surface area contributed by atoms with E-state index in [1.54, 1.807) is 36.4 Å². The summed E-state index contributed by atoms with van der Waals surface area (Å²) >= 11 is 0. The van der Waals surface area contributed by atoms with Crippen molar-refractivity contribution >= 4 is 22.8 Å². The van der Waals surface area contributed by atoms with Crippen molar-refractivity contribution in [2.45, 2.75) is 13.3 Å². The van der Waals surface area contributed by atoms with Gasteiger partial charge in [-0.1, -0.05) is 25.1 Å². The van der Waals surface area contributed by atoms with Gasteiger partial charge < -0.3 is 10.1 Å². The van der Waals surface area contributed by atoms with Gasteiger partial charge in [0, 0.05) is 17.5 Å². The zero-order valence-corrected chi connectivity index (χ0v) is 14.9. The van der Waals surface area contributed by atoms with Crippen molar-refractivity contribution in [2.75, 3.05) is 13.2 Å². The SMILES string of the molecule is CCCNC(=O)COC(=O)c1cc(-c2ccc(F)cc2)nc2ccccc12. The van der Waals surface area contributed by atoms with Crippen LogP contribution in [0, 0.1) is 5.82 Å². The first kappa shape index (κ1) is 18.5. The average molecular weight is 366 g/mol. The Kier molecular flexibility index (Phi) is 5.76. The minimum Gasteiger partial charge on any atom is -0.452 e. The summed E-state index contributed by atoms with van der Waals surface area (Å²) in [6.07, 6.45) is 0.801. The number of benzene rings is 2. The summed E-state index contributed by atoms with van der Waals surface area (Å²) in [5, 5.41) is 3.28. The van der Waals surface area contributed by atoms with Gasteiger partial charge >= 0.3 is 5.97 Å². The molecule has 0 aliphatic heterocycles. The highest BCUT2D eigenvalue weighted by atomic mass is 19.1. The summed E-state index contributed by atoms with van der Waals surface area (Å²) in [4.78, 5) is 28.8. The van der Waals surface area contributed by atoms with Gasteiger partial charge in [0.25, 0.3) is 5.91 Å². The Morgan fingerprint density at radius 2 is 1.85 bits per heavy atom. The van der Waals surface area contributed by atoms with Gasteiger partial charge in [-0.25, -0.2) is 14.2 Å². The van der Waals surface area contributed by atoms with Crippen molar-refractivity contribution in [1.29, 1.82) is 0 Å². The largest absolute Gasteiger partial charge is 0.452 e. The molecule has 5 nitrogen and oxygen atoms in total. The number of carbonyl (C=O) groups is 2. The van der Waals surface area contributed by atoms with Gasteiger partial charge in [0.1, 0.15) is 5.82 Å². The topological polar surface area (TPSA) is 68.3 Å². The standard InChI is InChI=1S/C21H19FN2O3/c1-2-11-23-20(25)13-27-21(26)17-12-19(14-7-9-15(22)10-8-14)24-18-6-4-3-5-16(17)18/h3-10,12H,2,11,13H2,1H3,(H,23,25). The molecule has 1 amide bonds. The highest BCUT2D eigenvalue weighted by Crippen LogP contribution is 2.25. The first-order chi connectivity index (χ1) is 13.1. The van der Waals surface area contributed by atoms with Crippen molar-refractivity contribution in [2.24, 2.45) is 0 Å². The quantitative estimate of drug-likeness (QED) is 0.675. The van der Waals surface area contributed by atoms with E-state index in [0.717, 1.165) is 6.42 Å². The molecule has 0 radical (unpaired) electrons. The fourth-order valence-corrected chi connectivity index (χ4v) is 2.64. The first-order valence-electron chi connectivity index (χ1n) is 8.68. The van der Waals surface area contributed by atoms with Crippen LogP contribution in [-0.2, 0) is 9.53 Å². The number of carbonyl (C=O) groups excluding carboxylic acids is 2. The van der Waals surface area contributed by atoms with Crippen LogP contribution in [0.4, 0.5) is 4.39 Å². The number of nitrogens with one attached hydrogen (secondary N) is 1. The minimum absolute atomic E-state index is 0.309. The smallest absolute Gasteiger partial charge is 0.339 e. The summed E-state index contributed by atoms with van der Waals surface area (Å²) in [5.74, 6) is -1.30. The molecular weight excluding hydrogens is 347 g/mol. The molecule has 0 spiro atoms. The van der Waals surface area contributed by atoms with Crippen LogP contribution in [0.2, 0.25) is 0 Å². The third-order valence-electron chi connectivity index (χ3n) is 3.98. The van der Waals surface area contributed by atoms with Crippen LogP contribution in [0.1, 0.15) is 23.7 Å². The predicted octanol–water partition coefficient (Wildman–Crippen LogP) is 3.72. The number of hydrogen-bond acceptors (Lipinski definition) is 4. The van der Waals surface area contributed by atoms with Crippen LogP contribution in [0.5, 0.6) is 0 Å². The van der Waals surface area contributed by atoms with Crippen LogP contribution >= 0.6 is 0 Å². The van der Waals surface area contributed by atoms with E-state index in [1.807, 2.05) is 13.0 Å². The highest BCUT2D eigenvalue weighted by molar-refractivity contribution is 6.05. The van der Waals surface area contributed by atoms with E-state index in [9.17, 15) is 14.0 Å². The summed E-state index contributed by atoms with van der Waals surface area (Å²) < 4.78 is 18.4. The molecule has 0 aliphatic carbocycles. The normalized spacial score (nSPS) is 10.6. The Hall–Kier alpha value is -3.28. The monoisotopic (exact) mass is 366 g/mol. The summed E-state index contributed by atoms with van der Waals surface area (Å²) in [6, 6.07) is 14.6. The fourth-order valence-electron chi connectivity index (χ4n) is 2.64. The number of amides is 1. The maximum absolute atomic E-state index is 13.2. The lowest BCUT2D eigenvalue weighted by Gasteiger charge is -2.10. The number of pyridine rings is 1. The third-order valence-corrected chi connectivity index (χ3v) is 3.98. The van der Waals surface area contributed by atoms with Crippen molar-refractivity contribution in [3.63, 3.8) is 0 Å². The second-order valence-electron chi connectivity index (χ2n) is 6.01. The zero-order chi connectivity index (χ0) is 19.2. The number of para-hydroxylation sites is 1. The second-order valence-corrected chi connectivity index (χ2v) is 6.01. The second kappa shape index (κ2) is 8.40. The third kappa shape index (κ3) is 4.47. The van der Waals surface area contributed by atoms with E-state index >= 15 is 0 Å². The maximum atomic E-state index is 13.2. The van der Waals surface area contributed by atoms with Gasteiger partial charge in [-0.05, 0) is 42.8 Å². The van der Waals surface area contributed by atoms with Crippen molar-refractivity contribution in [3.05, 3.63) is 66.0 Å².